The minimum atomic E-state index is -1.15. The van der Waals surface area contributed by atoms with Crippen LogP contribution >= 0.6 is 0 Å². The number of pyridine rings is 2. The molecule has 5 rings (SSSR count). The average molecular weight is 452 g/mol. The number of hydrogen-bond donors (Lipinski definition) is 1. The standard InChI is InChI=1S/C30H33N3O/c1-22(2)24-8-10-25(11-9-24)30(34,28(3)20-33(4)21-28)26-17-23(18-31-19-26)12-13-29(14-15-29)27-7-5-6-16-32-27/h5-11,16-19,22,34H,14-15,20-21H2,1-4H3/t30-/m0/s1. The van der Waals surface area contributed by atoms with Crippen LogP contribution in [0.4, 0.5) is 0 Å². The predicted molar refractivity (Wildman–Crippen MR) is 135 cm³/mol. The van der Waals surface area contributed by atoms with Crippen molar-refractivity contribution in [1.82, 2.24) is 14.9 Å². The number of hydrogen-bond acceptors (Lipinski definition) is 4. The molecule has 1 aliphatic heterocycles. The first-order chi connectivity index (χ1) is 16.3. The number of benzene rings is 1. The lowest BCUT2D eigenvalue weighted by Crippen LogP contribution is -2.63. The molecule has 1 N–H and O–H groups in total. The van der Waals surface area contributed by atoms with Gasteiger partial charge in [0.25, 0.3) is 0 Å². The highest BCUT2D eigenvalue weighted by Crippen LogP contribution is 2.50. The Balaban J connectivity index is 1.53. The third-order valence-corrected chi connectivity index (χ3v) is 7.61. The van der Waals surface area contributed by atoms with Gasteiger partial charge in [-0.1, -0.05) is 62.9 Å². The summed E-state index contributed by atoms with van der Waals surface area (Å²) in [5, 5.41) is 12.4. The summed E-state index contributed by atoms with van der Waals surface area (Å²) in [6.45, 7) is 8.17. The van der Waals surface area contributed by atoms with E-state index >= 15 is 0 Å². The molecule has 1 aromatic carbocycles. The summed E-state index contributed by atoms with van der Waals surface area (Å²) >= 11 is 0. The molecule has 0 unspecified atom stereocenters. The van der Waals surface area contributed by atoms with Gasteiger partial charge in [-0.05, 0) is 55.1 Å². The van der Waals surface area contributed by atoms with Gasteiger partial charge in [0.2, 0.25) is 0 Å². The van der Waals surface area contributed by atoms with Crippen molar-refractivity contribution >= 4 is 0 Å². The van der Waals surface area contributed by atoms with Crippen molar-refractivity contribution in [3.8, 4) is 11.8 Å². The van der Waals surface area contributed by atoms with Crippen LogP contribution in [0.3, 0.4) is 0 Å². The van der Waals surface area contributed by atoms with Gasteiger partial charge in [0.1, 0.15) is 5.60 Å². The van der Waals surface area contributed by atoms with Crippen LogP contribution in [-0.4, -0.2) is 40.1 Å². The third-order valence-electron chi connectivity index (χ3n) is 7.61. The van der Waals surface area contributed by atoms with Crippen LogP contribution < -0.4 is 0 Å². The zero-order valence-electron chi connectivity index (χ0n) is 20.5. The fourth-order valence-corrected chi connectivity index (χ4v) is 5.46. The first-order valence-corrected chi connectivity index (χ1v) is 12.2. The molecule has 4 heteroatoms. The molecule has 1 aliphatic carbocycles. The van der Waals surface area contributed by atoms with Gasteiger partial charge in [-0.2, -0.15) is 0 Å². The van der Waals surface area contributed by atoms with E-state index < -0.39 is 5.60 Å². The lowest BCUT2D eigenvalue weighted by molar-refractivity contribution is -0.127. The second-order valence-corrected chi connectivity index (χ2v) is 10.7. The Labute approximate surface area is 203 Å². The normalized spacial score (nSPS) is 20.1. The second kappa shape index (κ2) is 8.34. The van der Waals surface area contributed by atoms with E-state index in [0.717, 1.165) is 48.3 Å². The van der Waals surface area contributed by atoms with Gasteiger partial charge in [-0.25, -0.2) is 0 Å². The highest BCUT2D eigenvalue weighted by molar-refractivity contribution is 5.47. The molecular weight excluding hydrogens is 418 g/mol. The SMILES string of the molecule is CC(C)c1ccc([C@](O)(c2cncc(C#CC3(c4ccccn4)CC3)c2)C2(C)CN(C)C2)cc1. The Morgan fingerprint density at radius 3 is 2.35 bits per heavy atom. The molecule has 2 aliphatic rings. The largest absolute Gasteiger partial charge is 0.380 e. The van der Waals surface area contributed by atoms with Crippen molar-refractivity contribution < 1.29 is 5.11 Å². The zero-order valence-corrected chi connectivity index (χ0v) is 20.5. The van der Waals surface area contributed by atoms with Crippen LogP contribution in [0.5, 0.6) is 0 Å². The molecule has 2 aromatic heterocycles. The molecule has 1 atom stereocenters. The van der Waals surface area contributed by atoms with Crippen LogP contribution in [0.1, 0.15) is 67.5 Å². The van der Waals surface area contributed by atoms with E-state index in [1.54, 1.807) is 12.4 Å². The molecule has 2 fully saturated rings. The maximum absolute atomic E-state index is 12.4. The molecule has 4 nitrogen and oxygen atoms in total. The Morgan fingerprint density at radius 2 is 1.76 bits per heavy atom. The summed E-state index contributed by atoms with van der Waals surface area (Å²) in [7, 11) is 2.09. The molecule has 0 radical (unpaired) electrons. The fourth-order valence-electron chi connectivity index (χ4n) is 5.46. The molecular formula is C30H33N3O. The van der Waals surface area contributed by atoms with Gasteiger partial charge in [0, 0.05) is 48.2 Å². The quantitative estimate of drug-likeness (QED) is 0.562. The Kier molecular flexibility index (Phi) is 5.59. The van der Waals surface area contributed by atoms with E-state index in [1.807, 2.05) is 24.4 Å². The number of nitrogens with zero attached hydrogens (tertiary/aromatic N) is 3. The molecule has 34 heavy (non-hydrogen) atoms. The molecule has 1 saturated carbocycles. The Morgan fingerprint density at radius 1 is 1.03 bits per heavy atom. The lowest BCUT2D eigenvalue weighted by Gasteiger charge is -2.55. The summed E-state index contributed by atoms with van der Waals surface area (Å²) in [6.07, 6.45) is 7.49. The van der Waals surface area contributed by atoms with E-state index in [9.17, 15) is 5.11 Å². The van der Waals surface area contributed by atoms with Gasteiger partial charge < -0.3 is 10.0 Å². The zero-order chi connectivity index (χ0) is 24.0. The smallest absolute Gasteiger partial charge is 0.124 e. The third kappa shape index (κ3) is 3.83. The predicted octanol–water partition coefficient (Wildman–Crippen LogP) is 4.87. The lowest BCUT2D eigenvalue weighted by atomic mass is 9.62. The molecule has 3 aromatic rings. The van der Waals surface area contributed by atoms with Crippen LogP contribution in [0, 0.1) is 17.3 Å². The van der Waals surface area contributed by atoms with Crippen LogP contribution in [0.15, 0.2) is 67.1 Å². The van der Waals surface area contributed by atoms with Gasteiger partial charge in [0.05, 0.1) is 11.1 Å². The van der Waals surface area contributed by atoms with E-state index in [4.69, 9.17) is 0 Å². The summed E-state index contributed by atoms with van der Waals surface area (Å²) in [5.74, 6) is 7.27. The molecule has 174 valence electrons. The minimum absolute atomic E-state index is 0.150. The molecule has 0 bridgehead atoms. The van der Waals surface area contributed by atoms with Crippen LogP contribution in [-0.2, 0) is 11.0 Å². The van der Waals surface area contributed by atoms with Gasteiger partial charge in [-0.15, -0.1) is 0 Å². The first-order valence-electron chi connectivity index (χ1n) is 12.2. The van der Waals surface area contributed by atoms with Crippen molar-refractivity contribution in [3.05, 3.63) is 95.1 Å². The van der Waals surface area contributed by atoms with Gasteiger partial charge in [-0.3, -0.25) is 9.97 Å². The number of aliphatic hydroxyl groups is 1. The fraction of sp³-hybridized carbons (Fsp3) is 0.400. The molecule has 0 amide bonds. The Hall–Kier alpha value is -3.00. The number of aromatic nitrogens is 2. The topological polar surface area (TPSA) is 49.3 Å². The monoisotopic (exact) mass is 451 g/mol. The second-order valence-electron chi connectivity index (χ2n) is 10.7. The van der Waals surface area contributed by atoms with Crippen LogP contribution in [0.2, 0.25) is 0 Å². The van der Waals surface area contributed by atoms with Crippen LogP contribution in [0.25, 0.3) is 0 Å². The molecule has 3 heterocycles. The van der Waals surface area contributed by atoms with Crippen molar-refractivity contribution in [2.75, 3.05) is 20.1 Å². The summed E-state index contributed by atoms with van der Waals surface area (Å²) < 4.78 is 0. The molecule has 1 saturated heterocycles. The summed E-state index contributed by atoms with van der Waals surface area (Å²) in [6, 6.07) is 16.5. The van der Waals surface area contributed by atoms with Crippen molar-refractivity contribution in [3.63, 3.8) is 0 Å². The maximum atomic E-state index is 12.4. The average Bonchev–Trinajstić information content (AvgIpc) is 3.63. The summed E-state index contributed by atoms with van der Waals surface area (Å²) in [5.41, 5.74) is 3.22. The molecule has 0 spiro atoms. The van der Waals surface area contributed by atoms with Crippen molar-refractivity contribution in [2.24, 2.45) is 5.41 Å². The van der Waals surface area contributed by atoms with Gasteiger partial charge >= 0.3 is 0 Å². The van der Waals surface area contributed by atoms with E-state index in [2.05, 4.69) is 84.9 Å². The Bertz CT molecular complexity index is 1230. The highest BCUT2D eigenvalue weighted by Gasteiger charge is 2.55. The minimum Gasteiger partial charge on any atom is -0.380 e. The van der Waals surface area contributed by atoms with Crippen molar-refractivity contribution in [1.29, 1.82) is 0 Å². The van der Waals surface area contributed by atoms with E-state index in [1.165, 1.54) is 5.56 Å². The van der Waals surface area contributed by atoms with E-state index in [0.29, 0.717) is 5.92 Å². The summed E-state index contributed by atoms with van der Waals surface area (Å²) in [4.78, 5) is 11.3. The van der Waals surface area contributed by atoms with Crippen molar-refractivity contribution in [2.45, 2.75) is 50.5 Å². The highest BCUT2D eigenvalue weighted by atomic mass is 16.3. The number of likely N-dealkylation sites (tertiary alicyclic amines) is 1. The van der Waals surface area contributed by atoms with Gasteiger partial charge in [0.15, 0.2) is 0 Å². The number of rotatable bonds is 5. The maximum Gasteiger partial charge on any atom is 0.124 e. The first kappa shape index (κ1) is 22.8. The van der Waals surface area contributed by atoms with E-state index in [-0.39, 0.29) is 10.8 Å².